The van der Waals surface area contributed by atoms with Gasteiger partial charge < -0.3 is 4.90 Å². The molecule has 1 nitrogen and oxygen atoms in total. The van der Waals surface area contributed by atoms with E-state index in [1.54, 1.807) is 0 Å². The van der Waals surface area contributed by atoms with Gasteiger partial charge in [0, 0.05) is 22.4 Å². The summed E-state index contributed by atoms with van der Waals surface area (Å²) < 4.78 is 0. The Morgan fingerprint density at radius 2 is 0.857 bits per heavy atom. The van der Waals surface area contributed by atoms with Crippen molar-refractivity contribution in [3.8, 4) is 55.6 Å². The molecule has 8 aromatic rings. The number of fused-ring (bicyclic) bond motifs is 4. The molecule has 0 aromatic heterocycles. The van der Waals surface area contributed by atoms with Gasteiger partial charge in [-0.05, 0) is 134 Å². The summed E-state index contributed by atoms with van der Waals surface area (Å²) in [5, 5.41) is 0. The van der Waals surface area contributed by atoms with Crippen molar-refractivity contribution in [2.45, 2.75) is 44.9 Å². The van der Waals surface area contributed by atoms with Gasteiger partial charge in [-0.3, -0.25) is 0 Å². The molecule has 0 bridgehead atoms. The quantitative estimate of drug-likeness (QED) is 0.159. The topological polar surface area (TPSA) is 3.24 Å². The second kappa shape index (κ2) is 14.0. The molecule has 2 aliphatic carbocycles. The highest BCUT2D eigenvalue weighted by atomic mass is 15.1. The SMILES string of the molecule is CC1(C)c2ccccc2-c2cc(-c3ccc4c(c3)CCCC4)c(N(c3ccc(-c4ccccc4)cc3)c3ccc(-c4ccccc4-c4ccccc4)cc3)cc21. The van der Waals surface area contributed by atoms with Crippen LogP contribution in [0.3, 0.4) is 0 Å². The van der Waals surface area contributed by atoms with E-state index in [0.717, 1.165) is 17.8 Å². The number of hydrogen-bond acceptors (Lipinski definition) is 1. The van der Waals surface area contributed by atoms with Crippen molar-refractivity contribution in [3.05, 3.63) is 210 Å². The first-order valence-electron chi connectivity index (χ1n) is 20.1. The maximum absolute atomic E-state index is 2.51. The molecule has 270 valence electrons. The maximum Gasteiger partial charge on any atom is 0.0543 e. The molecular weight excluding hydrogens is 675 g/mol. The average Bonchev–Trinajstić information content (AvgIpc) is 3.49. The van der Waals surface area contributed by atoms with Crippen LogP contribution in [0.4, 0.5) is 17.1 Å². The Kier molecular flexibility index (Phi) is 8.52. The molecule has 0 aliphatic heterocycles. The first-order chi connectivity index (χ1) is 27.5. The van der Waals surface area contributed by atoms with E-state index in [1.165, 1.54) is 103 Å². The van der Waals surface area contributed by atoms with Crippen LogP contribution < -0.4 is 4.90 Å². The molecule has 0 fully saturated rings. The Balaban J connectivity index is 1.18. The van der Waals surface area contributed by atoms with Gasteiger partial charge >= 0.3 is 0 Å². The summed E-state index contributed by atoms with van der Waals surface area (Å²) in [5.74, 6) is 0. The van der Waals surface area contributed by atoms with E-state index in [-0.39, 0.29) is 5.41 Å². The third kappa shape index (κ3) is 5.96. The Bertz CT molecular complexity index is 2690. The fourth-order valence-electron chi connectivity index (χ4n) is 9.31. The molecule has 0 amide bonds. The molecule has 1 heteroatoms. The lowest BCUT2D eigenvalue weighted by molar-refractivity contribution is 0.660. The minimum absolute atomic E-state index is 0.136. The second-order valence-corrected chi connectivity index (χ2v) is 16.0. The van der Waals surface area contributed by atoms with E-state index in [9.17, 15) is 0 Å². The lowest BCUT2D eigenvalue weighted by atomic mass is 9.81. The molecule has 0 heterocycles. The molecule has 0 spiro atoms. The van der Waals surface area contributed by atoms with Crippen molar-refractivity contribution in [3.63, 3.8) is 0 Å². The summed E-state index contributed by atoms with van der Waals surface area (Å²) in [5.41, 5.74) is 21.7. The first-order valence-corrected chi connectivity index (χ1v) is 20.1. The Morgan fingerprint density at radius 3 is 1.52 bits per heavy atom. The van der Waals surface area contributed by atoms with Crippen LogP contribution in [-0.4, -0.2) is 0 Å². The zero-order chi connectivity index (χ0) is 37.6. The van der Waals surface area contributed by atoms with Gasteiger partial charge in [-0.25, -0.2) is 0 Å². The van der Waals surface area contributed by atoms with E-state index in [2.05, 4.69) is 207 Å². The van der Waals surface area contributed by atoms with E-state index < -0.39 is 0 Å². The average molecular weight is 720 g/mol. The van der Waals surface area contributed by atoms with Gasteiger partial charge in [0.05, 0.1) is 5.69 Å². The van der Waals surface area contributed by atoms with Crippen LogP contribution in [-0.2, 0) is 18.3 Å². The fourth-order valence-corrected chi connectivity index (χ4v) is 9.31. The molecule has 56 heavy (non-hydrogen) atoms. The van der Waals surface area contributed by atoms with Crippen LogP contribution in [0.2, 0.25) is 0 Å². The van der Waals surface area contributed by atoms with E-state index in [0.29, 0.717) is 0 Å². The van der Waals surface area contributed by atoms with Crippen molar-refractivity contribution in [1.29, 1.82) is 0 Å². The van der Waals surface area contributed by atoms with Crippen molar-refractivity contribution >= 4 is 17.1 Å². The van der Waals surface area contributed by atoms with Crippen LogP contribution in [0.1, 0.15) is 48.9 Å². The lowest BCUT2D eigenvalue weighted by Gasteiger charge is -2.31. The summed E-state index contributed by atoms with van der Waals surface area (Å²) in [4.78, 5) is 2.50. The summed E-state index contributed by atoms with van der Waals surface area (Å²) >= 11 is 0. The predicted molar refractivity (Wildman–Crippen MR) is 237 cm³/mol. The van der Waals surface area contributed by atoms with Gasteiger partial charge in [-0.2, -0.15) is 0 Å². The molecule has 0 saturated carbocycles. The zero-order valence-electron chi connectivity index (χ0n) is 32.2. The summed E-state index contributed by atoms with van der Waals surface area (Å²) in [6.45, 7) is 4.77. The molecule has 10 rings (SSSR count). The normalized spacial score (nSPS) is 13.8. The molecule has 8 aromatic carbocycles. The minimum atomic E-state index is -0.136. The predicted octanol–water partition coefficient (Wildman–Crippen LogP) is 15.0. The molecule has 2 aliphatic rings. The summed E-state index contributed by atoms with van der Waals surface area (Å²) in [6.07, 6.45) is 4.86. The van der Waals surface area contributed by atoms with Gasteiger partial charge in [-0.15, -0.1) is 0 Å². The van der Waals surface area contributed by atoms with Gasteiger partial charge in [0.25, 0.3) is 0 Å². The number of aryl methyl sites for hydroxylation is 2. The minimum Gasteiger partial charge on any atom is -0.310 e. The van der Waals surface area contributed by atoms with Crippen LogP contribution in [0, 0.1) is 0 Å². The highest BCUT2D eigenvalue weighted by molar-refractivity contribution is 5.95. The number of anilines is 3. The van der Waals surface area contributed by atoms with Crippen molar-refractivity contribution in [1.82, 2.24) is 0 Å². The van der Waals surface area contributed by atoms with Gasteiger partial charge in [0.15, 0.2) is 0 Å². The van der Waals surface area contributed by atoms with Crippen LogP contribution in [0.25, 0.3) is 55.6 Å². The Labute approximate surface area is 331 Å². The smallest absolute Gasteiger partial charge is 0.0543 e. The highest BCUT2D eigenvalue weighted by Crippen LogP contribution is 2.54. The first kappa shape index (κ1) is 34.1. The number of nitrogens with zero attached hydrogens (tertiary/aromatic N) is 1. The molecule has 0 radical (unpaired) electrons. The molecule has 0 atom stereocenters. The van der Waals surface area contributed by atoms with Gasteiger partial charge in [0.2, 0.25) is 0 Å². The van der Waals surface area contributed by atoms with Crippen LogP contribution in [0.5, 0.6) is 0 Å². The third-order valence-corrected chi connectivity index (χ3v) is 12.3. The van der Waals surface area contributed by atoms with Gasteiger partial charge in [-0.1, -0.05) is 166 Å². The Hall–Kier alpha value is -6.44. The zero-order valence-corrected chi connectivity index (χ0v) is 32.2. The fraction of sp³-hybridized carbons (Fsp3) is 0.127. The van der Waals surface area contributed by atoms with Crippen LogP contribution in [0.15, 0.2) is 188 Å². The largest absolute Gasteiger partial charge is 0.310 e. The summed E-state index contributed by atoms with van der Waals surface area (Å²) in [6, 6.07) is 69.8. The number of benzene rings is 8. The van der Waals surface area contributed by atoms with Gasteiger partial charge in [0.1, 0.15) is 0 Å². The number of hydrogen-bond donors (Lipinski definition) is 0. The highest BCUT2D eigenvalue weighted by Gasteiger charge is 2.37. The van der Waals surface area contributed by atoms with Crippen molar-refractivity contribution < 1.29 is 0 Å². The summed E-state index contributed by atoms with van der Waals surface area (Å²) in [7, 11) is 0. The monoisotopic (exact) mass is 719 g/mol. The standard InChI is InChI=1S/C55H45N/c1-55(2)52-24-14-13-23-49(52)51-36-50(44-26-25-39-17-9-10-20-43(39)35-44)54(37-53(51)55)56(45-31-27-40(28-32-45)38-15-5-3-6-16-38)46-33-29-42(30-34-46)48-22-12-11-21-47(48)41-18-7-4-8-19-41/h3-8,11-16,18-19,21-37H,9-10,17,20H2,1-2H3. The Morgan fingerprint density at radius 1 is 0.357 bits per heavy atom. The maximum atomic E-state index is 2.51. The van der Waals surface area contributed by atoms with E-state index in [1.807, 2.05) is 0 Å². The molecular formula is C55H45N. The lowest BCUT2D eigenvalue weighted by Crippen LogP contribution is -2.17. The molecule has 0 saturated heterocycles. The van der Waals surface area contributed by atoms with E-state index >= 15 is 0 Å². The second-order valence-electron chi connectivity index (χ2n) is 16.0. The number of rotatable bonds is 7. The van der Waals surface area contributed by atoms with Crippen molar-refractivity contribution in [2.24, 2.45) is 0 Å². The third-order valence-electron chi connectivity index (χ3n) is 12.3. The van der Waals surface area contributed by atoms with E-state index in [4.69, 9.17) is 0 Å². The van der Waals surface area contributed by atoms with Crippen LogP contribution >= 0.6 is 0 Å². The molecule has 0 N–H and O–H groups in total. The van der Waals surface area contributed by atoms with Crippen molar-refractivity contribution in [2.75, 3.05) is 4.90 Å². The molecule has 0 unspecified atom stereocenters.